The lowest BCUT2D eigenvalue weighted by Gasteiger charge is -2.13. The summed E-state index contributed by atoms with van der Waals surface area (Å²) in [6, 6.07) is 2.12. The number of nitrogens with zero attached hydrogens (tertiary/aromatic N) is 1. The molecule has 0 saturated heterocycles. The number of amides is 1. The van der Waals surface area contributed by atoms with E-state index in [1.54, 1.807) is 0 Å². The minimum absolute atomic E-state index is 0.144. The highest BCUT2D eigenvalue weighted by Gasteiger charge is 2.35. The van der Waals surface area contributed by atoms with Gasteiger partial charge in [0.15, 0.2) is 0 Å². The second-order valence-electron chi connectivity index (χ2n) is 3.85. The van der Waals surface area contributed by atoms with Crippen molar-refractivity contribution >= 4 is 38.2 Å². The van der Waals surface area contributed by atoms with Crippen LogP contribution >= 0.6 is 15.9 Å². The quantitative estimate of drug-likeness (QED) is 0.816. The average molecular weight is 371 g/mol. The molecule has 0 fully saturated rings. The van der Waals surface area contributed by atoms with Crippen LogP contribution in [0.3, 0.4) is 0 Å². The topological polar surface area (TPSA) is 55.5 Å². The van der Waals surface area contributed by atoms with Crippen molar-refractivity contribution in [2.24, 2.45) is 4.36 Å². The highest BCUT2D eigenvalue weighted by molar-refractivity contribution is 9.10. The molecule has 0 spiro atoms. The van der Waals surface area contributed by atoms with Crippen molar-refractivity contribution in [3.63, 3.8) is 0 Å². The lowest BCUT2D eigenvalue weighted by molar-refractivity contribution is -0.136. The van der Waals surface area contributed by atoms with Crippen LogP contribution in [0.2, 0.25) is 0 Å². The molecule has 0 radical (unpaired) electrons. The summed E-state index contributed by atoms with van der Waals surface area (Å²) in [5.41, 5.74) is 3.65. The molecular formula is C12H14BrF3N2OS. The fourth-order valence-electron chi connectivity index (χ4n) is 1.53. The first-order valence-corrected chi connectivity index (χ1v) is 8.11. The Labute approximate surface area is 126 Å². The first-order chi connectivity index (χ1) is 9.20. The number of hydrogen-bond acceptors (Lipinski definition) is 2. The molecule has 0 aliphatic carbocycles. The molecule has 112 valence electrons. The number of carbonyl (C=O) groups is 1. The Morgan fingerprint density at radius 2 is 1.90 bits per heavy atom. The van der Waals surface area contributed by atoms with Crippen molar-refractivity contribution < 1.29 is 18.0 Å². The lowest BCUT2D eigenvalue weighted by atomic mass is 10.1. The van der Waals surface area contributed by atoms with Crippen molar-refractivity contribution in [3.05, 3.63) is 27.7 Å². The monoisotopic (exact) mass is 370 g/mol. The molecule has 0 heterocycles. The van der Waals surface area contributed by atoms with Crippen LogP contribution in [0.1, 0.15) is 29.8 Å². The van der Waals surface area contributed by atoms with Crippen LogP contribution in [0.4, 0.5) is 18.9 Å². The third kappa shape index (κ3) is 4.05. The van der Waals surface area contributed by atoms with Crippen molar-refractivity contribution in [2.75, 3.05) is 17.2 Å². The van der Waals surface area contributed by atoms with Gasteiger partial charge >= 0.3 is 6.18 Å². The molecule has 1 aromatic rings. The summed E-state index contributed by atoms with van der Waals surface area (Å²) in [5, 5.41) is 0. The summed E-state index contributed by atoms with van der Waals surface area (Å²) < 4.78 is 42.6. The molecule has 1 amide bonds. The van der Waals surface area contributed by atoms with Gasteiger partial charge in [0.1, 0.15) is 0 Å². The molecule has 0 atom stereocenters. The fourth-order valence-corrected chi connectivity index (χ4v) is 2.99. The van der Waals surface area contributed by atoms with E-state index in [0.29, 0.717) is 11.5 Å². The SMILES string of the molecule is CCS(CC)=NC(=O)c1cc(Br)cc(C(F)(F)F)c1N. The first-order valence-electron chi connectivity index (χ1n) is 5.80. The van der Waals surface area contributed by atoms with E-state index in [1.807, 2.05) is 13.8 Å². The molecular weight excluding hydrogens is 357 g/mol. The maximum Gasteiger partial charge on any atom is 0.418 e. The van der Waals surface area contributed by atoms with Crippen molar-refractivity contribution in [2.45, 2.75) is 20.0 Å². The van der Waals surface area contributed by atoms with E-state index >= 15 is 0 Å². The molecule has 0 unspecified atom stereocenters. The molecule has 8 heteroatoms. The molecule has 0 saturated carbocycles. The predicted octanol–water partition coefficient (Wildman–Crippen LogP) is 4.03. The molecule has 1 aromatic carbocycles. The number of benzene rings is 1. The summed E-state index contributed by atoms with van der Waals surface area (Å²) in [6.45, 7) is 3.74. The van der Waals surface area contributed by atoms with Crippen LogP contribution in [0.25, 0.3) is 0 Å². The van der Waals surface area contributed by atoms with Gasteiger partial charge in [0, 0.05) is 16.0 Å². The Morgan fingerprint density at radius 1 is 1.35 bits per heavy atom. The minimum atomic E-state index is -4.61. The van der Waals surface area contributed by atoms with Gasteiger partial charge in [0.25, 0.3) is 5.91 Å². The Hall–Kier alpha value is -0.890. The van der Waals surface area contributed by atoms with E-state index in [4.69, 9.17) is 5.73 Å². The maximum absolute atomic E-state index is 12.8. The van der Waals surface area contributed by atoms with Gasteiger partial charge < -0.3 is 5.73 Å². The maximum atomic E-state index is 12.8. The summed E-state index contributed by atoms with van der Waals surface area (Å²) in [6.07, 6.45) is -4.61. The van der Waals surface area contributed by atoms with Crippen molar-refractivity contribution in [1.82, 2.24) is 0 Å². The Balaban J connectivity index is 3.36. The Morgan fingerprint density at radius 3 is 2.35 bits per heavy atom. The van der Waals surface area contributed by atoms with Crippen LogP contribution in [0, 0.1) is 0 Å². The molecule has 0 aromatic heterocycles. The summed E-state index contributed by atoms with van der Waals surface area (Å²) in [4.78, 5) is 12.0. The van der Waals surface area contributed by atoms with Crippen LogP contribution in [0.15, 0.2) is 21.0 Å². The normalized spacial score (nSPS) is 11.8. The van der Waals surface area contributed by atoms with Crippen LogP contribution in [0.5, 0.6) is 0 Å². The van der Waals surface area contributed by atoms with E-state index in [1.165, 1.54) is 6.07 Å². The molecule has 3 nitrogen and oxygen atoms in total. The number of nitrogen functional groups attached to an aromatic ring is 1. The van der Waals surface area contributed by atoms with Crippen LogP contribution in [-0.4, -0.2) is 17.4 Å². The van der Waals surface area contributed by atoms with Gasteiger partial charge in [-0.25, -0.2) is 0 Å². The fraction of sp³-hybridized carbons (Fsp3) is 0.417. The second-order valence-corrected chi connectivity index (χ2v) is 7.03. The Bertz CT molecular complexity index is 552. The van der Waals surface area contributed by atoms with E-state index in [2.05, 4.69) is 20.3 Å². The van der Waals surface area contributed by atoms with Gasteiger partial charge in [-0.15, -0.1) is 0 Å². The van der Waals surface area contributed by atoms with Crippen molar-refractivity contribution in [3.8, 4) is 0 Å². The average Bonchev–Trinajstić information content (AvgIpc) is 2.36. The number of nitrogens with two attached hydrogens (primary N) is 1. The highest BCUT2D eigenvalue weighted by Crippen LogP contribution is 2.37. The molecule has 20 heavy (non-hydrogen) atoms. The first kappa shape index (κ1) is 17.2. The standard InChI is InChI=1S/C12H14BrF3N2OS/c1-3-20(4-2)18-11(19)8-5-7(13)6-9(10(8)17)12(14,15)16/h5-6H,3-4,17H2,1-2H3. The van der Waals surface area contributed by atoms with Gasteiger partial charge in [-0.3, -0.25) is 4.79 Å². The zero-order chi connectivity index (χ0) is 15.5. The van der Waals surface area contributed by atoms with E-state index < -0.39 is 34.0 Å². The third-order valence-corrected chi connectivity index (χ3v) is 4.77. The summed E-state index contributed by atoms with van der Waals surface area (Å²) >= 11 is 2.96. The zero-order valence-electron chi connectivity index (χ0n) is 10.9. The largest absolute Gasteiger partial charge is 0.418 e. The Kier molecular flexibility index (Phi) is 5.76. The molecule has 0 aliphatic heterocycles. The number of anilines is 1. The van der Waals surface area contributed by atoms with Crippen LogP contribution < -0.4 is 5.73 Å². The number of rotatable bonds is 3. The molecule has 0 aliphatic rings. The number of carbonyl (C=O) groups excluding carboxylic acids is 1. The molecule has 2 N–H and O–H groups in total. The summed E-state index contributed by atoms with van der Waals surface area (Å²) in [5.74, 6) is 0.631. The predicted molar refractivity (Wildman–Crippen MR) is 78.8 cm³/mol. The number of hydrogen-bond donors (Lipinski definition) is 1. The van der Waals surface area contributed by atoms with Gasteiger partial charge in [-0.2, -0.15) is 17.5 Å². The van der Waals surface area contributed by atoms with E-state index in [0.717, 1.165) is 6.07 Å². The zero-order valence-corrected chi connectivity index (χ0v) is 13.3. The second kappa shape index (κ2) is 6.71. The number of halogens is 4. The minimum Gasteiger partial charge on any atom is -0.398 e. The van der Waals surface area contributed by atoms with Gasteiger partial charge in [0.05, 0.1) is 16.8 Å². The molecule has 0 bridgehead atoms. The van der Waals surface area contributed by atoms with Gasteiger partial charge in [0.2, 0.25) is 0 Å². The molecule has 1 rings (SSSR count). The highest BCUT2D eigenvalue weighted by atomic mass is 79.9. The smallest absolute Gasteiger partial charge is 0.398 e. The van der Waals surface area contributed by atoms with Crippen molar-refractivity contribution in [1.29, 1.82) is 0 Å². The van der Waals surface area contributed by atoms with Gasteiger partial charge in [-0.05, 0) is 12.1 Å². The number of alkyl halides is 3. The van der Waals surface area contributed by atoms with Crippen LogP contribution in [-0.2, 0) is 16.9 Å². The lowest BCUT2D eigenvalue weighted by Crippen LogP contribution is -2.13. The third-order valence-electron chi connectivity index (χ3n) is 2.56. The van der Waals surface area contributed by atoms with E-state index in [-0.39, 0.29) is 10.0 Å². The summed E-state index contributed by atoms with van der Waals surface area (Å²) in [7, 11) is -0.488. The van der Waals surface area contributed by atoms with E-state index in [9.17, 15) is 18.0 Å². The van der Waals surface area contributed by atoms with Gasteiger partial charge in [-0.1, -0.05) is 40.5 Å².